The summed E-state index contributed by atoms with van der Waals surface area (Å²) in [5.41, 5.74) is 3.00. The highest BCUT2D eigenvalue weighted by atomic mass is 32.2. The van der Waals surface area contributed by atoms with Crippen molar-refractivity contribution in [3.63, 3.8) is 0 Å². The van der Waals surface area contributed by atoms with E-state index in [4.69, 9.17) is 0 Å². The highest BCUT2D eigenvalue weighted by Gasteiger charge is 2.18. The fourth-order valence-corrected chi connectivity index (χ4v) is 2.49. The van der Waals surface area contributed by atoms with Gasteiger partial charge in [0, 0.05) is 24.8 Å². The number of nitrogens with zero attached hydrogens (tertiary/aromatic N) is 2. The van der Waals surface area contributed by atoms with Gasteiger partial charge in [0.1, 0.15) is 5.69 Å². The van der Waals surface area contributed by atoms with Gasteiger partial charge in [-0.15, -0.1) is 0 Å². The highest BCUT2D eigenvalue weighted by molar-refractivity contribution is 7.98. The van der Waals surface area contributed by atoms with E-state index in [-0.39, 0.29) is 0 Å². The Morgan fingerprint density at radius 3 is 3.25 bits per heavy atom. The minimum Gasteiger partial charge on any atom is -0.296 e. The maximum atomic E-state index is 10.7. The number of aryl methyl sites for hydroxylation is 2. The summed E-state index contributed by atoms with van der Waals surface area (Å²) in [4.78, 5) is 10.7. The van der Waals surface area contributed by atoms with Crippen molar-refractivity contribution in [2.75, 3.05) is 5.75 Å². The Kier molecular flexibility index (Phi) is 1.92. The molecule has 64 valence electrons. The van der Waals surface area contributed by atoms with E-state index in [1.54, 1.807) is 4.68 Å². The Labute approximate surface area is 75.1 Å². The first-order chi connectivity index (χ1) is 5.83. The molecule has 3 nitrogen and oxygen atoms in total. The van der Waals surface area contributed by atoms with Gasteiger partial charge in [-0.05, 0) is 5.75 Å². The molecule has 4 heteroatoms. The molecule has 2 rings (SSSR count). The largest absolute Gasteiger partial charge is 0.296 e. The number of aldehydes is 1. The standard InChI is InChI=1S/C8H10N2OS/c1-10-8(4-11)6-5-12-3-2-7(6)9-10/h4H,2-3,5H2,1H3. The zero-order valence-electron chi connectivity index (χ0n) is 6.91. The van der Waals surface area contributed by atoms with Gasteiger partial charge in [0.05, 0.1) is 5.69 Å². The second-order valence-electron chi connectivity index (χ2n) is 2.85. The van der Waals surface area contributed by atoms with Crippen LogP contribution < -0.4 is 0 Å². The van der Waals surface area contributed by atoms with Crippen LogP contribution in [0.3, 0.4) is 0 Å². The van der Waals surface area contributed by atoms with Crippen LogP contribution in [0.15, 0.2) is 0 Å². The summed E-state index contributed by atoms with van der Waals surface area (Å²) in [6, 6.07) is 0. The Hall–Kier alpha value is -0.770. The Morgan fingerprint density at radius 1 is 1.67 bits per heavy atom. The van der Waals surface area contributed by atoms with Crippen LogP contribution >= 0.6 is 11.8 Å². The molecule has 2 heterocycles. The topological polar surface area (TPSA) is 34.9 Å². The van der Waals surface area contributed by atoms with E-state index >= 15 is 0 Å². The van der Waals surface area contributed by atoms with Gasteiger partial charge in [0.25, 0.3) is 0 Å². The van der Waals surface area contributed by atoms with Crippen molar-refractivity contribution >= 4 is 18.0 Å². The average Bonchev–Trinajstić information content (AvgIpc) is 2.40. The van der Waals surface area contributed by atoms with Crippen LogP contribution in [0.5, 0.6) is 0 Å². The van der Waals surface area contributed by atoms with Gasteiger partial charge in [-0.3, -0.25) is 9.48 Å². The lowest BCUT2D eigenvalue weighted by molar-refractivity contribution is 0.111. The fourth-order valence-electron chi connectivity index (χ4n) is 1.49. The van der Waals surface area contributed by atoms with E-state index < -0.39 is 0 Å². The van der Waals surface area contributed by atoms with E-state index in [9.17, 15) is 4.79 Å². The molecule has 1 aromatic rings. The summed E-state index contributed by atoms with van der Waals surface area (Å²) in [7, 11) is 1.83. The van der Waals surface area contributed by atoms with Gasteiger partial charge >= 0.3 is 0 Å². The van der Waals surface area contributed by atoms with Crippen molar-refractivity contribution in [1.82, 2.24) is 9.78 Å². The summed E-state index contributed by atoms with van der Waals surface area (Å²) >= 11 is 1.87. The predicted molar refractivity (Wildman–Crippen MR) is 48.5 cm³/mol. The molecule has 1 aliphatic heterocycles. The van der Waals surface area contributed by atoms with Gasteiger partial charge in [0.15, 0.2) is 6.29 Å². The number of aromatic nitrogens is 2. The number of carbonyl (C=O) groups excluding carboxylic acids is 1. The zero-order chi connectivity index (χ0) is 8.55. The van der Waals surface area contributed by atoms with Gasteiger partial charge in [-0.25, -0.2) is 0 Å². The number of thioether (sulfide) groups is 1. The lowest BCUT2D eigenvalue weighted by Crippen LogP contribution is -2.01. The van der Waals surface area contributed by atoms with Crippen LogP contribution in [0.4, 0.5) is 0 Å². The summed E-state index contributed by atoms with van der Waals surface area (Å²) in [5.74, 6) is 2.07. The molecule has 0 fully saturated rings. The molecule has 0 atom stereocenters. The van der Waals surface area contributed by atoms with Crippen LogP contribution in [0.1, 0.15) is 21.7 Å². The van der Waals surface area contributed by atoms with Crippen molar-refractivity contribution < 1.29 is 4.79 Å². The SMILES string of the molecule is Cn1nc2c(c1C=O)CSCC2. The summed E-state index contributed by atoms with van der Waals surface area (Å²) in [6.07, 6.45) is 1.90. The lowest BCUT2D eigenvalue weighted by atomic mass is 10.2. The molecule has 0 bridgehead atoms. The van der Waals surface area contributed by atoms with Gasteiger partial charge in [-0.1, -0.05) is 0 Å². The van der Waals surface area contributed by atoms with Crippen molar-refractivity contribution in [2.24, 2.45) is 7.05 Å². The third-order valence-corrected chi connectivity index (χ3v) is 3.10. The molecule has 0 saturated carbocycles. The molecule has 0 spiro atoms. The van der Waals surface area contributed by atoms with E-state index in [0.717, 1.165) is 41.2 Å². The molecule has 0 saturated heterocycles. The van der Waals surface area contributed by atoms with Crippen LogP contribution in [-0.4, -0.2) is 21.8 Å². The first-order valence-corrected chi connectivity index (χ1v) is 5.06. The normalized spacial score (nSPS) is 15.8. The molecular formula is C8H10N2OS. The summed E-state index contributed by atoms with van der Waals surface area (Å²) < 4.78 is 1.68. The van der Waals surface area contributed by atoms with Crippen molar-refractivity contribution in [3.8, 4) is 0 Å². The molecule has 0 N–H and O–H groups in total. The Bertz CT molecular complexity index is 319. The van der Waals surface area contributed by atoms with Crippen molar-refractivity contribution in [3.05, 3.63) is 17.0 Å². The maximum Gasteiger partial charge on any atom is 0.168 e. The molecule has 1 aliphatic rings. The molecule has 0 aliphatic carbocycles. The van der Waals surface area contributed by atoms with Gasteiger partial charge < -0.3 is 0 Å². The number of carbonyl (C=O) groups is 1. The first kappa shape index (κ1) is 7.86. The lowest BCUT2D eigenvalue weighted by Gasteiger charge is -2.08. The minimum absolute atomic E-state index is 0.747. The molecule has 12 heavy (non-hydrogen) atoms. The first-order valence-electron chi connectivity index (χ1n) is 3.90. The van der Waals surface area contributed by atoms with E-state index in [1.165, 1.54) is 0 Å². The quantitative estimate of drug-likeness (QED) is 0.608. The van der Waals surface area contributed by atoms with Gasteiger partial charge in [0.2, 0.25) is 0 Å². The predicted octanol–water partition coefficient (Wildman–Crippen LogP) is 1.02. The molecule has 1 aromatic heterocycles. The molecule has 0 aromatic carbocycles. The van der Waals surface area contributed by atoms with E-state index in [2.05, 4.69) is 5.10 Å². The highest BCUT2D eigenvalue weighted by Crippen LogP contribution is 2.25. The molecular weight excluding hydrogens is 172 g/mol. The van der Waals surface area contributed by atoms with E-state index in [1.807, 2.05) is 18.8 Å². The number of rotatable bonds is 1. The van der Waals surface area contributed by atoms with Crippen molar-refractivity contribution in [1.29, 1.82) is 0 Å². The van der Waals surface area contributed by atoms with E-state index in [0.29, 0.717) is 0 Å². The molecule has 0 amide bonds. The average molecular weight is 182 g/mol. The second kappa shape index (κ2) is 2.94. The Morgan fingerprint density at radius 2 is 2.50 bits per heavy atom. The second-order valence-corrected chi connectivity index (χ2v) is 3.96. The third-order valence-electron chi connectivity index (χ3n) is 2.12. The summed E-state index contributed by atoms with van der Waals surface area (Å²) in [5, 5.41) is 4.29. The van der Waals surface area contributed by atoms with Crippen LogP contribution in [0.25, 0.3) is 0 Å². The van der Waals surface area contributed by atoms with Crippen LogP contribution in [0.2, 0.25) is 0 Å². The maximum absolute atomic E-state index is 10.7. The smallest absolute Gasteiger partial charge is 0.168 e. The monoisotopic (exact) mass is 182 g/mol. The number of fused-ring (bicyclic) bond motifs is 1. The van der Waals surface area contributed by atoms with Crippen molar-refractivity contribution in [2.45, 2.75) is 12.2 Å². The van der Waals surface area contributed by atoms with Crippen LogP contribution in [-0.2, 0) is 19.2 Å². The number of hydrogen-bond donors (Lipinski definition) is 0. The summed E-state index contributed by atoms with van der Waals surface area (Å²) in [6.45, 7) is 0. The fraction of sp³-hybridized carbons (Fsp3) is 0.500. The Balaban J connectivity index is 2.53. The molecule has 0 unspecified atom stereocenters. The number of hydrogen-bond acceptors (Lipinski definition) is 3. The minimum atomic E-state index is 0.747. The zero-order valence-corrected chi connectivity index (χ0v) is 7.73. The third kappa shape index (κ3) is 1.06. The van der Waals surface area contributed by atoms with Gasteiger partial charge in [-0.2, -0.15) is 16.9 Å². The molecule has 0 radical (unpaired) electrons. The van der Waals surface area contributed by atoms with Crippen LogP contribution in [0, 0.1) is 0 Å².